The van der Waals surface area contributed by atoms with Gasteiger partial charge in [-0.15, -0.1) is 10.2 Å². The molecule has 1 aliphatic carbocycles. The fraction of sp³-hybridized carbons (Fsp3) is 0.588. The number of anilines is 2. The third-order valence-electron chi connectivity index (χ3n) is 9.07. The number of nitrogens with zero attached hydrogens (tertiary/aromatic N) is 9. The largest absolute Gasteiger partial charge is 0.487 e. The van der Waals surface area contributed by atoms with E-state index in [0.29, 0.717) is 47.8 Å². The van der Waals surface area contributed by atoms with Crippen LogP contribution in [0.3, 0.4) is 0 Å². The number of methoxy groups -OCH3 is 1. The third-order valence-corrected chi connectivity index (χ3v) is 9.38. The van der Waals surface area contributed by atoms with Crippen molar-refractivity contribution in [1.29, 1.82) is 0 Å². The lowest BCUT2D eigenvalue weighted by molar-refractivity contribution is -0.0852. The summed E-state index contributed by atoms with van der Waals surface area (Å²) in [6.45, 7) is 11.4. The van der Waals surface area contributed by atoms with Gasteiger partial charge in [0.15, 0.2) is 0 Å². The Morgan fingerprint density at radius 2 is 1.71 bits per heavy atom. The molecule has 0 spiro atoms. The maximum absolute atomic E-state index is 6.47. The molecule has 15 heteroatoms. The van der Waals surface area contributed by atoms with Crippen LogP contribution in [-0.2, 0) is 16.0 Å². The van der Waals surface area contributed by atoms with Crippen molar-refractivity contribution in [1.82, 2.24) is 44.9 Å². The van der Waals surface area contributed by atoms with E-state index in [4.69, 9.17) is 35.6 Å². The lowest BCUT2D eigenvalue weighted by Gasteiger charge is -2.42. The second kappa shape index (κ2) is 16.2. The Bertz CT molecular complexity index is 1600. The number of morpholine rings is 1. The fourth-order valence-corrected chi connectivity index (χ4v) is 6.85. The Morgan fingerprint density at radius 3 is 2.41 bits per heavy atom. The number of nitrogens with one attached hydrogen (secondary N) is 1. The highest BCUT2D eigenvalue weighted by molar-refractivity contribution is 6.32. The molecule has 49 heavy (non-hydrogen) atoms. The van der Waals surface area contributed by atoms with Gasteiger partial charge in [-0.1, -0.05) is 17.7 Å². The monoisotopic (exact) mass is 694 g/mol. The van der Waals surface area contributed by atoms with E-state index in [0.717, 1.165) is 62.0 Å². The van der Waals surface area contributed by atoms with Crippen molar-refractivity contribution in [3.63, 3.8) is 0 Å². The van der Waals surface area contributed by atoms with Gasteiger partial charge in [0, 0.05) is 57.2 Å². The molecule has 4 aromatic rings. The predicted molar refractivity (Wildman–Crippen MR) is 185 cm³/mol. The molecule has 264 valence electrons. The summed E-state index contributed by atoms with van der Waals surface area (Å²) in [5.74, 6) is 1.53. The summed E-state index contributed by atoms with van der Waals surface area (Å²) in [6.07, 6.45) is 12.5. The Morgan fingerprint density at radius 1 is 0.980 bits per heavy atom. The summed E-state index contributed by atoms with van der Waals surface area (Å²) in [5.41, 5.74) is 2.43. The van der Waals surface area contributed by atoms with Crippen LogP contribution in [0.2, 0.25) is 5.02 Å². The van der Waals surface area contributed by atoms with Crippen molar-refractivity contribution in [3.05, 3.63) is 48.1 Å². The van der Waals surface area contributed by atoms with Gasteiger partial charge in [0.1, 0.15) is 23.9 Å². The number of hydrogen-bond donors (Lipinski definition) is 1. The number of tetrazole rings is 1. The third kappa shape index (κ3) is 9.24. The van der Waals surface area contributed by atoms with E-state index in [1.807, 2.05) is 32.2 Å². The van der Waals surface area contributed by atoms with E-state index in [2.05, 4.69) is 54.2 Å². The summed E-state index contributed by atoms with van der Waals surface area (Å²) in [4.78, 5) is 11.9. The number of ether oxygens (including phenoxy) is 4. The molecule has 1 saturated heterocycles. The lowest BCUT2D eigenvalue weighted by Crippen LogP contribution is -2.51. The van der Waals surface area contributed by atoms with Crippen LogP contribution in [0.4, 0.5) is 11.6 Å². The van der Waals surface area contributed by atoms with Crippen LogP contribution >= 0.6 is 11.6 Å². The van der Waals surface area contributed by atoms with Crippen molar-refractivity contribution in [2.75, 3.05) is 32.1 Å². The summed E-state index contributed by atoms with van der Waals surface area (Å²) < 4.78 is 27.4. The zero-order valence-corrected chi connectivity index (χ0v) is 29.7. The van der Waals surface area contributed by atoms with Crippen molar-refractivity contribution >= 4 is 23.2 Å². The normalized spacial score (nSPS) is 22.8. The molecule has 0 amide bonds. The van der Waals surface area contributed by atoms with Gasteiger partial charge < -0.3 is 24.3 Å². The predicted octanol–water partition coefficient (Wildman–Crippen LogP) is 5.59. The highest BCUT2D eigenvalue weighted by Gasteiger charge is 2.32. The van der Waals surface area contributed by atoms with Crippen molar-refractivity contribution < 1.29 is 18.9 Å². The smallest absolute Gasteiger partial charge is 0.257 e. The number of benzene rings is 1. The van der Waals surface area contributed by atoms with Crippen molar-refractivity contribution in [2.45, 2.75) is 103 Å². The van der Waals surface area contributed by atoms with Crippen LogP contribution in [0, 0.1) is 0 Å². The van der Waals surface area contributed by atoms with Crippen LogP contribution in [0.25, 0.3) is 11.1 Å². The van der Waals surface area contributed by atoms with Gasteiger partial charge in [-0.25, -0.2) is 14.6 Å². The topological polar surface area (TPSA) is 139 Å². The Balaban J connectivity index is 1.13. The number of aromatic nitrogens is 8. The average molecular weight is 695 g/mol. The van der Waals surface area contributed by atoms with Crippen molar-refractivity contribution in [2.24, 2.45) is 0 Å². The fourth-order valence-electron chi connectivity index (χ4n) is 6.69. The van der Waals surface area contributed by atoms with Gasteiger partial charge in [0.2, 0.25) is 5.95 Å². The molecule has 1 aromatic carbocycles. The first-order chi connectivity index (χ1) is 23.7. The molecule has 1 saturated carbocycles. The SMILES string of the molecule is COCCC(C)Oc1nn(C2CCC(N3C[C@@H](C)O[C@@H](C)C3)CC2)cc1Nc1ncc(-c2ccc(Cl)c(O[C@@H](C)Cn3cnnn3)c2)cn1. The molecule has 2 aliphatic rings. The van der Waals surface area contributed by atoms with Gasteiger partial charge in [0.25, 0.3) is 5.88 Å². The molecule has 6 rings (SSSR count). The van der Waals surface area contributed by atoms with Crippen molar-refractivity contribution in [3.8, 4) is 22.8 Å². The molecule has 4 heterocycles. The van der Waals surface area contributed by atoms with E-state index >= 15 is 0 Å². The van der Waals surface area contributed by atoms with E-state index in [1.165, 1.54) is 0 Å². The molecule has 0 radical (unpaired) electrons. The van der Waals surface area contributed by atoms with Crippen LogP contribution in [0.5, 0.6) is 11.6 Å². The minimum Gasteiger partial charge on any atom is -0.487 e. The second-order valence-corrected chi connectivity index (χ2v) is 13.6. The Labute approximate surface area is 292 Å². The summed E-state index contributed by atoms with van der Waals surface area (Å²) in [6, 6.07) is 6.48. The molecular formula is C34H47ClN10O4. The standard InChI is InChI=1S/C34H47ClN10O4/c1-22(12-13-46-5)49-33-31(20-45(40-33)29-9-7-28(8-10-29)43-17-23(2)47-24(3)18-43)39-34-36-15-27(16-37-34)26-6-11-30(35)32(14-26)48-25(4)19-44-21-38-41-42-44/h6,11,14-16,20-25,28-29H,7-10,12-13,17-19H2,1-5H3,(H,36,37,39)/t22?,23-,24+,25-,28?,29?/m0/s1. The van der Waals surface area contributed by atoms with E-state index in [-0.39, 0.29) is 24.4 Å². The Hall–Kier alpha value is -3.85. The maximum Gasteiger partial charge on any atom is 0.257 e. The summed E-state index contributed by atoms with van der Waals surface area (Å²) in [5, 5.41) is 20.0. The Kier molecular flexibility index (Phi) is 11.6. The van der Waals surface area contributed by atoms with Gasteiger partial charge in [-0.05, 0) is 81.5 Å². The quantitative estimate of drug-likeness (QED) is 0.176. The number of rotatable bonds is 14. The average Bonchev–Trinajstić information content (AvgIpc) is 3.74. The maximum atomic E-state index is 6.47. The van der Waals surface area contributed by atoms with E-state index in [9.17, 15) is 0 Å². The van der Waals surface area contributed by atoms with Crippen LogP contribution in [0.1, 0.15) is 65.8 Å². The molecule has 0 bridgehead atoms. The molecular weight excluding hydrogens is 648 g/mol. The van der Waals surface area contributed by atoms with Crippen LogP contribution < -0.4 is 14.8 Å². The first kappa shape index (κ1) is 35.0. The highest BCUT2D eigenvalue weighted by Crippen LogP contribution is 2.36. The lowest BCUT2D eigenvalue weighted by atomic mass is 9.89. The van der Waals surface area contributed by atoms with Gasteiger partial charge >= 0.3 is 0 Å². The minimum atomic E-state index is -0.207. The molecule has 3 aromatic heterocycles. The number of hydrogen-bond acceptors (Lipinski definition) is 12. The van der Waals surface area contributed by atoms with E-state index in [1.54, 1.807) is 36.6 Å². The van der Waals surface area contributed by atoms with Gasteiger partial charge in [-0.3, -0.25) is 9.58 Å². The second-order valence-electron chi connectivity index (χ2n) is 13.2. The van der Waals surface area contributed by atoms with Gasteiger partial charge in [-0.2, -0.15) is 0 Å². The zero-order chi connectivity index (χ0) is 34.3. The molecule has 1 N–H and O–H groups in total. The zero-order valence-electron chi connectivity index (χ0n) is 28.9. The first-order valence-electron chi connectivity index (χ1n) is 17.1. The summed E-state index contributed by atoms with van der Waals surface area (Å²) >= 11 is 6.47. The van der Waals surface area contributed by atoms with E-state index < -0.39 is 0 Å². The summed E-state index contributed by atoms with van der Waals surface area (Å²) in [7, 11) is 1.70. The first-order valence-corrected chi connectivity index (χ1v) is 17.5. The molecule has 14 nitrogen and oxygen atoms in total. The van der Waals surface area contributed by atoms with Gasteiger partial charge in [0.05, 0.1) is 42.1 Å². The minimum absolute atomic E-state index is 0.0786. The highest BCUT2D eigenvalue weighted by atomic mass is 35.5. The molecule has 2 fully saturated rings. The van der Waals surface area contributed by atoms with Crippen LogP contribution in [-0.4, -0.2) is 102 Å². The van der Waals surface area contributed by atoms with Crippen LogP contribution in [0.15, 0.2) is 43.1 Å². The molecule has 4 atom stereocenters. The molecule has 1 unspecified atom stereocenters. The number of halogens is 1. The molecule has 1 aliphatic heterocycles.